The summed E-state index contributed by atoms with van der Waals surface area (Å²) >= 11 is 4.78. The number of nitrogens with two attached hydrogens (primary N) is 1. The Labute approximate surface area is 112 Å². The van der Waals surface area contributed by atoms with Crippen molar-refractivity contribution in [2.45, 2.75) is 26.3 Å². The van der Waals surface area contributed by atoms with E-state index in [9.17, 15) is 4.79 Å². The number of anilines is 1. The van der Waals surface area contributed by atoms with Gasteiger partial charge in [0, 0.05) is 19.2 Å². The third kappa shape index (κ3) is 3.07. The molecule has 2 heterocycles. The standard InChI is InChI=1S/C12H18N4OS/c1-9-2-4-15(5-3-9)10-6-12(17)16(14-7-10)8-11(13)18/h6-7,9H,2-5,8H2,1H3,(H2,13,18). The molecule has 0 aromatic carbocycles. The van der Waals surface area contributed by atoms with E-state index in [2.05, 4.69) is 16.9 Å². The topological polar surface area (TPSA) is 64.2 Å². The van der Waals surface area contributed by atoms with Gasteiger partial charge >= 0.3 is 0 Å². The lowest BCUT2D eigenvalue weighted by molar-refractivity contribution is 0.437. The average molecular weight is 266 g/mol. The molecule has 0 aliphatic carbocycles. The van der Waals surface area contributed by atoms with Crippen molar-refractivity contribution in [1.82, 2.24) is 9.78 Å². The molecular formula is C12H18N4OS. The zero-order chi connectivity index (χ0) is 13.1. The number of hydrogen-bond donors (Lipinski definition) is 1. The van der Waals surface area contributed by atoms with Crippen LogP contribution in [0.15, 0.2) is 17.1 Å². The molecule has 6 heteroatoms. The quantitative estimate of drug-likeness (QED) is 0.819. The molecule has 0 atom stereocenters. The maximum Gasteiger partial charge on any atom is 0.269 e. The lowest BCUT2D eigenvalue weighted by Gasteiger charge is -2.31. The van der Waals surface area contributed by atoms with Gasteiger partial charge in [-0.1, -0.05) is 19.1 Å². The molecule has 1 aliphatic rings. The van der Waals surface area contributed by atoms with Crippen molar-refractivity contribution < 1.29 is 0 Å². The highest BCUT2D eigenvalue weighted by Gasteiger charge is 2.16. The van der Waals surface area contributed by atoms with E-state index in [-0.39, 0.29) is 17.1 Å². The molecule has 2 rings (SSSR count). The van der Waals surface area contributed by atoms with E-state index in [0.29, 0.717) is 0 Å². The van der Waals surface area contributed by atoms with Gasteiger partial charge in [-0.3, -0.25) is 4.79 Å². The summed E-state index contributed by atoms with van der Waals surface area (Å²) in [6.07, 6.45) is 4.04. The van der Waals surface area contributed by atoms with E-state index in [0.717, 1.165) is 37.5 Å². The summed E-state index contributed by atoms with van der Waals surface area (Å²) in [5, 5.41) is 4.11. The fraction of sp³-hybridized carbons (Fsp3) is 0.583. The van der Waals surface area contributed by atoms with Gasteiger partial charge in [-0.2, -0.15) is 5.10 Å². The van der Waals surface area contributed by atoms with Crippen LogP contribution in [0.3, 0.4) is 0 Å². The Morgan fingerprint density at radius 2 is 2.22 bits per heavy atom. The molecule has 0 amide bonds. The van der Waals surface area contributed by atoms with Crippen LogP contribution < -0.4 is 16.2 Å². The summed E-state index contributed by atoms with van der Waals surface area (Å²) in [6.45, 7) is 4.43. The van der Waals surface area contributed by atoms with Crippen molar-refractivity contribution in [2.75, 3.05) is 18.0 Å². The van der Waals surface area contributed by atoms with E-state index in [1.54, 1.807) is 12.3 Å². The SMILES string of the molecule is CC1CCN(c2cnn(CC(N)=S)c(=O)c2)CC1. The molecule has 1 saturated heterocycles. The fourth-order valence-corrected chi connectivity index (χ4v) is 2.25. The van der Waals surface area contributed by atoms with Crippen molar-refractivity contribution >= 4 is 22.9 Å². The second-order valence-corrected chi connectivity index (χ2v) is 5.37. The molecule has 0 saturated carbocycles. The van der Waals surface area contributed by atoms with Gasteiger partial charge in [-0.15, -0.1) is 0 Å². The van der Waals surface area contributed by atoms with Gasteiger partial charge in [-0.05, 0) is 18.8 Å². The lowest BCUT2D eigenvalue weighted by Crippen LogP contribution is -2.35. The van der Waals surface area contributed by atoms with Crippen LogP contribution in [0.2, 0.25) is 0 Å². The number of rotatable bonds is 3. The Bertz CT molecular complexity index is 491. The minimum absolute atomic E-state index is 0.154. The molecule has 0 radical (unpaired) electrons. The first-order valence-corrected chi connectivity index (χ1v) is 6.57. The predicted molar refractivity (Wildman–Crippen MR) is 75.9 cm³/mol. The van der Waals surface area contributed by atoms with Crippen LogP contribution in [0.4, 0.5) is 5.69 Å². The Kier molecular flexibility index (Phi) is 3.96. The first-order valence-electron chi connectivity index (χ1n) is 6.16. The molecule has 2 N–H and O–H groups in total. The molecule has 1 aromatic rings. The summed E-state index contributed by atoms with van der Waals surface area (Å²) < 4.78 is 1.29. The zero-order valence-corrected chi connectivity index (χ0v) is 11.3. The number of aromatic nitrogens is 2. The summed E-state index contributed by atoms with van der Waals surface area (Å²) in [5.74, 6) is 0.768. The Morgan fingerprint density at radius 1 is 1.56 bits per heavy atom. The van der Waals surface area contributed by atoms with Gasteiger partial charge in [-0.25, -0.2) is 4.68 Å². The van der Waals surface area contributed by atoms with Gasteiger partial charge in [0.1, 0.15) is 0 Å². The van der Waals surface area contributed by atoms with Crippen LogP contribution in [0.25, 0.3) is 0 Å². The molecule has 1 aliphatic heterocycles. The van der Waals surface area contributed by atoms with Crippen LogP contribution in [0.5, 0.6) is 0 Å². The zero-order valence-electron chi connectivity index (χ0n) is 10.5. The Morgan fingerprint density at radius 3 is 2.78 bits per heavy atom. The Hall–Kier alpha value is -1.43. The van der Waals surface area contributed by atoms with Crippen molar-refractivity contribution in [3.05, 3.63) is 22.6 Å². The minimum Gasteiger partial charge on any atom is -0.392 e. The van der Waals surface area contributed by atoms with Crippen molar-refractivity contribution in [2.24, 2.45) is 11.7 Å². The molecule has 0 bridgehead atoms. The summed E-state index contributed by atoms with van der Waals surface area (Å²) in [4.78, 5) is 14.3. The minimum atomic E-state index is -0.154. The molecule has 98 valence electrons. The highest BCUT2D eigenvalue weighted by molar-refractivity contribution is 7.80. The molecule has 0 spiro atoms. The monoisotopic (exact) mass is 266 g/mol. The van der Waals surface area contributed by atoms with E-state index in [1.807, 2.05) is 0 Å². The van der Waals surface area contributed by atoms with E-state index < -0.39 is 0 Å². The van der Waals surface area contributed by atoms with E-state index in [1.165, 1.54) is 4.68 Å². The normalized spacial score (nSPS) is 16.8. The van der Waals surface area contributed by atoms with Crippen LogP contribution in [-0.4, -0.2) is 27.9 Å². The highest BCUT2D eigenvalue weighted by atomic mass is 32.1. The molecule has 1 fully saturated rings. The van der Waals surface area contributed by atoms with Crippen molar-refractivity contribution in [3.63, 3.8) is 0 Å². The van der Waals surface area contributed by atoms with Crippen LogP contribution in [-0.2, 0) is 6.54 Å². The number of piperidine rings is 1. The lowest BCUT2D eigenvalue weighted by atomic mass is 9.99. The number of thiocarbonyl (C=S) groups is 1. The van der Waals surface area contributed by atoms with Crippen LogP contribution in [0.1, 0.15) is 19.8 Å². The number of hydrogen-bond acceptors (Lipinski definition) is 4. The van der Waals surface area contributed by atoms with Gasteiger partial charge < -0.3 is 10.6 Å². The summed E-state index contributed by atoms with van der Waals surface area (Å²) in [7, 11) is 0. The van der Waals surface area contributed by atoms with Gasteiger partial charge in [0.15, 0.2) is 0 Å². The second kappa shape index (κ2) is 5.48. The molecule has 5 nitrogen and oxygen atoms in total. The van der Waals surface area contributed by atoms with Gasteiger partial charge in [0.05, 0.1) is 23.4 Å². The highest BCUT2D eigenvalue weighted by Crippen LogP contribution is 2.20. The van der Waals surface area contributed by atoms with Crippen molar-refractivity contribution in [1.29, 1.82) is 0 Å². The first-order chi connectivity index (χ1) is 8.56. The number of nitrogens with zero attached hydrogens (tertiary/aromatic N) is 3. The summed E-state index contributed by atoms with van der Waals surface area (Å²) in [5.41, 5.74) is 6.15. The fourth-order valence-electron chi connectivity index (χ4n) is 2.13. The van der Waals surface area contributed by atoms with Crippen molar-refractivity contribution in [3.8, 4) is 0 Å². The molecule has 1 aromatic heterocycles. The van der Waals surface area contributed by atoms with E-state index in [4.69, 9.17) is 18.0 Å². The van der Waals surface area contributed by atoms with Gasteiger partial charge in [0.2, 0.25) is 0 Å². The smallest absolute Gasteiger partial charge is 0.269 e. The average Bonchev–Trinajstić information content (AvgIpc) is 2.32. The predicted octanol–water partition coefficient (Wildman–Crippen LogP) is 0.766. The first kappa shape index (κ1) is 13.0. The second-order valence-electron chi connectivity index (χ2n) is 4.85. The Balaban J connectivity index is 2.13. The molecular weight excluding hydrogens is 248 g/mol. The van der Waals surface area contributed by atoms with Crippen LogP contribution >= 0.6 is 12.2 Å². The third-order valence-electron chi connectivity index (χ3n) is 3.31. The third-order valence-corrected chi connectivity index (χ3v) is 3.44. The maximum atomic E-state index is 11.8. The summed E-state index contributed by atoms with van der Waals surface area (Å²) in [6, 6.07) is 1.61. The molecule has 0 unspecified atom stereocenters. The molecule has 18 heavy (non-hydrogen) atoms. The van der Waals surface area contributed by atoms with Gasteiger partial charge in [0.25, 0.3) is 5.56 Å². The van der Waals surface area contributed by atoms with Crippen LogP contribution in [0, 0.1) is 5.92 Å². The largest absolute Gasteiger partial charge is 0.392 e. The van der Waals surface area contributed by atoms with E-state index >= 15 is 0 Å². The maximum absolute atomic E-state index is 11.8.